The summed E-state index contributed by atoms with van der Waals surface area (Å²) in [7, 11) is 0. The van der Waals surface area contributed by atoms with Crippen molar-refractivity contribution in [1.82, 2.24) is 0 Å². The molecule has 0 aliphatic rings. The van der Waals surface area contributed by atoms with Crippen LogP contribution < -0.4 is 4.74 Å². The molecule has 1 nitrogen and oxygen atoms in total. The highest BCUT2D eigenvalue weighted by Crippen LogP contribution is 2.12. The van der Waals surface area contributed by atoms with Crippen LogP contribution in [-0.4, -0.2) is 11.9 Å². The lowest BCUT2D eigenvalue weighted by Gasteiger charge is -2.05. The fourth-order valence-electron chi connectivity index (χ4n) is 1.62. The summed E-state index contributed by atoms with van der Waals surface area (Å²) in [5, 5.41) is 1.11. The molecule has 0 radical (unpaired) electrons. The number of benzene rings is 1. The molecule has 0 N–H and O–H groups in total. The summed E-state index contributed by atoms with van der Waals surface area (Å²) in [5.74, 6) is 0.537. The maximum Gasteiger partial charge on any atom is 0.123 e. The molecule has 0 saturated heterocycles. The summed E-state index contributed by atoms with van der Waals surface area (Å²) in [4.78, 5) is 0. The van der Waals surface area contributed by atoms with Crippen molar-refractivity contribution < 1.29 is 9.13 Å². The smallest absolute Gasteiger partial charge is 0.123 e. The highest BCUT2D eigenvalue weighted by Gasteiger charge is 1.95. The van der Waals surface area contributed by atoms with Crippen LogP contribution in [0.1, 0.15) is 38.5 Å². The second kappa shape index (κ2) is 9.46. The average Bonchev–Trinajstić information content (AvgIpc) is 2.35. The molecule has 0 aliphatic heterocycles. The van der Waals surface area contributed by atoms with Crippen molar-refractivity contribution in [2.24, 2.45) is 0 Å². The van der Waals surface area contributed by atoms with E-state index in [1.54, 1.807) is 12.1 Å². The molecule has 0 fully saturated rings. The zero-order valence-corrected chi connectivity index (χ0v) is 11.7. The SMILES string of the molecule is Fc1ccc(OCCCCCCCCBr)cc1. The van der Waals surface area contributed by atoms with E-state index in [2.05, 4.69) is 15.9 Å². The topological polar surface area (TPSA) is 9.23 Å². The third kappa shape index (κ3) is 7.37. The summed E-state index contributed by atoms with van der Waals surface area (Å²) in [6, 6.07) is 6.20. The van der Waals surface area contributed by atoms with Crippen LogP contribution in [0.4, 0.5) is 4.39 Å². The van der Waals surface area contributed by atoms with Gasteiger partial charge in [0, 0.05) is 5.33 Å². The van der Waals surface area contributed by atoms with Crippen LogP contribution in [0.2, 0.25) is 0 Å². The van der Waals surface area contributed by atoms with Gasteiger partial charge in [-0.1, -0.05) is 41.6 Å². The molecule has 1 rings (SSSR count). The summed E-state index contributed by atoms with van der Waals surface area (Å²) >= 11 is 3.43. The summed E-state index contributed by atoms with van der Waals surface area (Å²) in [6.45, 7) is 0.726. The first kappa shape index (κ1) is 14.5. The van der Waals surface area contributed by atoms with Gasteiger partial charge in [0.15, 0.2) is 0 Å². The van der Waals surface area contributed by atoms with E-state index in [4.69, 9.17) is 4.74 Å². The molecule has 0 saturated carbocycles. The number of rotatable bonds is 9. The highest BCUT2D eigenvalue weighted by atomic mass is 79.9. The van der Waals surface area contributed by atoms with Gasteiger partial charge in [-0.05, 0) is 37.1 Å². The average molecular weight is 303 g/mol. The van der Waals surface area contributed by atoms with Crippen LogP contribution in [0.5, 0.6) is 5.75 Å². The molecule has 0 aliphatic carbocycles. The Balaban J connectivity index is 1.95. The molecular weight excluding hydrogens is 283 g/mol. The van der Waals surface area contributed by atoms with Crippen LogP contribution >= 0.6 is 15.9 Å². The summed E-state index contributed by atoms with van der Waals surface area (Å²) in [5.41, 5.74) is 0. The van der Waals surface area contributed by atoms with E-state index in [0.717, 1.165) is 24.1 Å². The molecule has 1 aromatic carbocycles. The minimum atomic E-state index is -0.218. The molecule has 0 amide bonds. The number of unbranched alkanes of at least 4 members (excludes halogenated alkanes) is 5. The Morgan fingerprint density at radius 1 is 0.882 bits per heavy atom. The van der Waals surface area contributed by atoms with Crippen molar-refractivity contribution in [3.63, 3.8) is 0 Å². The molecule has 0 atom stereocenters. The zero-order chi connectivity index (χ0) is 12.3. The number of halogens is 2. The molecule has 17 heavy (non-hydrogen) atoms. The van der Waals surface area contributed by atoms with Gasteiger partial charge in [-0.2, -0.15) is 0 Å². The summed E-state index contributed by atoms with van der Waals surface area (Å²) < 4.78 is 18.1. The molecule has 0 aromatic heterocycles. The molecule has 0 unspecified atom stereocenters. The normalized spacial score (nSPS) is 10.5. The number of alkyl halides is 1. The van der Waals surface area contributed by atoms with Gasteiger partial charge in [-0.15, -0.1) is 0 Å². The van der Waals surface area contributed by atoms with Crippen LogP contribution in [-0.2, 0) is 0 Å². The lowest BCUT2D eigenvalue weighted by molar-refractivity contribution is 0.304. The number of hydrogen-bond donors (Lipinski definition) is 0. The van der Waals surface area contributed by atoms with Crippen molar-refractivity contribution in [3.8, 4) is 5.75 Å². The fourth-order valence-corrected chi connectivity index (χ4v) is 2.02. The van der Waals surface area contributed by atoms with Gasteiger partial charge in [0.05, 0.1) is 6.61 Å². The van der Waals surface area contributed by atoms with E-state index in [-0.39, 0.29) is 5.82 Å². The van der Waals surface area contributed by atoms with E-state index in [1.165, 1.54) is 44.2 Å². The second-order valence-electron chi connectivity index (χ2n) is 4.11. The lowest BCUT2D eigenvalue weighted by atomic mass is 10.1. The molecular formula is C14H20BrFO. The first-order valence-corrected chi connectivity index (χ1v) is 7.39. The quantitative estimate of drug-likeness (QED) is 0.464. The van der Waals surface area contributed by atoms with Gasteiger partial charge in [0.25, 0.3) is 0 Å². The van der Waals surface area contributed by atoms with Crippen LogP contribution in [0.25, 0.3) is 0 Å². The van der Waals surface area contributed by atoms with Crippen molar-refractivity contribution >= 4 is 15.9 Å². The maximum absolute atomic E-state index is 12.6. The third-order valence-corrected chi connectivity index (χ3v) is 3.17. The second-order valence-corrected chi connectivity index (χ2v) is 4.91. The number of ether oxygens (including phenoxy) is 1. The molecule has 96 valence electrons. The van der Waals surface area contributed by atoms with Crippen LogP contribution in [0.3, 0.4) is 0 Å². The van der Waals surface area contributed by atoms with Crippen LogP contribution in [0, 0.1) is 5.82 Å². The van der Waals surface area contributed by atoms with E-state index in [0.29, 0.717) is 0 Å². The van der Waals surface area contributed by atoms with E-state index in [1.807, 2.05) is 0 Å². The van der Waals surface area contributed by atoms with Gasteiger partial charge in [-0.3, -0.25) is 0 Å². The predicted octanol–water partition coefficient (Wildman–Crippen LogP) is 4.94. The Labute approximate surface area is 111 Å². The largest absolute Gasteiger partial charge is 0.494 e. The van der Waals surface area contributed by atoms with E-state index < -0.39 is 0 Å². The fraction of sp³-hybridized carbons (Fsp3) is 0.571. The van der Waals surface area contributed by atoms with Crippen molar-refractivity contribution in [2.45, 2.75) is 38.5 Å². The first-order valence-electron chi connectivity index (χ1n) is 6.27. The van der Waals surface area contributed by atoms with Crippen molar-refractivity contribution in [3.05, 3.63) is 30.1 Å². The molecule has 1 aromatic rings. The molecule has 3 heteroatoms. The van der Waals surface area contributed by atoms with Gasteiger partial charge in [0.1, 0.15) is 11.6 Å². The van der Waals surface area contributed by atoms with Gasteiger partial charge in [0.2, 0.25) is 0 Å². The minimum absolute atomic E-state index is 0.218. The van der Waals surface area contributed by atoms with Crippen molar-refractivity contribution in [1.29, 1.82) is 0 Å². The first-order chi connectivity index (χ1) is 8.33. The Morgan fingerprint density at radius 3 is 2.12 bits per heavy atom. The standard InChI is InChI=1S/C14H20BrFO/c15-11-5-3-1-2-4-6-12-17-14-9-7-13(16)8-10-14/h7-10H,1-6,11-12H2. The van der Waals surface area contributed by atoms with E-state index in [9.17, 15) is 4.39 Å². The minimum Gasteiger partial charge on any atom is -0.494 e. The number of hydrogen-bond acceptors (Lipinski definition) is 1. The Bertz CT molecular complexity index is 287. The van der Waals surface area contributed by atoms with Crippen LogP contribution in [0.15, 0.2) is 24.3 Å². The monoisotopic (exact) mass is 302 g/mol. The predicted molar refractivity (Wildman–Crippen MR) is 73.4 cm³/mol. The maximum atomic E-state index is 12.6. The van der Waals surface area contributed by atoms with Gasteiger partial charge < -0.3 is 4.74 Å². The zero-order valence-electron chi connectivity index (χ0n) is 10.1. The van der Waals surface area contributed by atoms with E-state index >= 15 is 0 Å². The molecule has 0 bridgehead atoms. The Hall–Kier alpha value is -0.570. The van der Waals surface area contributed by atoms with Crippen molar-refractivity contribution in [2.75, 3.05) is 11.9 Å². The van der Waals surface area contributed by atoms with Gasteiger partial charge >= 0.3 is 0 Å². The molecule has 0 spiro atoms. The Morgan fingerprint density at radius 2 is 1.47 bits per heavy atom. The van der Waals surface area contributed by atoms with Gasteiger partial charge in [-0.25, -0.2) is 4.39 Å². The third-order valence-electron chi connectivity index (χ3n) is 2.61. The molecule has 0 heterocycles. The lowest BCUT2D eigenvalue weighted by Crippen LogP contribution is -1.97. The summed E-state index contributed by atoms with van der Waals surface area (Å²) in [6.07, 6.45) is 7.45. The Kier molecular flexibility index (Phi) is 8.06. The highest BCUT2D eigenvalue weighted by molar-refractivity contribution is 9.09.